The highest BCUT2D eigenvalue weighted by atomic mass is 16.5. The van der Waals surface area contributed by atoms with Crippen LogP contribution < -0.4 is 5.73 Å². The molecule has 1 aromatic rings. The van der Waals surface area contributed by atoms with Gasteiger partial charge in [0.2, 0.25) is 0 Å². The van der Waals surface area contributed by atoms with Crippen molar-refractivity contribution >= 4 is 0 Å². The molecule has 2 N–H and O–H groups in total. The second-order valence-electron chi connectivity index (χ2n) is 4.64. The van der Waals surface area contributed by atoms with Crippen molar-refractivity contribution in [2.45, 2.75) is 32.2 Å². The van der Waals surface area contributed by atoms with Gasteiger partial charge in [0.15, 0.2) is 0 Å². The van der Waals surface area contributed by atoms with E-state index in [-0.39, 0.29) is 6.04 Å². The highest BCUT2D eigenvalue weighted by Gasteiger charge is 2.21. The molecule has 1 aromatic heterocycles. The normalized spacial score (nSPS) is 19.6. The summed E-state index contributed by atoms with van der Waals surface area (Å²) in [5.41, 5.74) is 8.52. The number of aryl methyl sites for hydroxylation is 1. The van der Waals surface area contributed by atoms with Crippen LogP contribution in [0, 0.1) is 12.8 Å². The first-order valence-electron chi connectivity index (χ1n) is 6.00. The molecule has 0 spiro atoms. The standard InChI is InChI=1S/C13H20N2O/c1-10-2-3-12(15-9-10)8-13(14)11-4-6-16-7-5-11/h2-3,9,11,13H,4-8,14H2,1H3. The van der Waals surface area contributed by atoms with Gasteiger partial charge in [0.1, 0.15) is 0 Å². The maximum atomic E-state index is 6.22. The first-order chi connectivity index (χ1) is 7.75. The number of pyridine rings is 1. The number of aromatic nitrogens is 1. The van der Waals surface area contributed by atoms with Gasteiger partial charge >= 0.3 is 0 Å². The van der Waals surface area contributed by atoms with Crippen LogP contribution in [0.2, 0.25) is 0 Å². The molecule has 1 saturated heterocycles. The molecule has 1 unspecified atom stereocenters. The number of nitrogens with zero attached hydrogens (tertiary/aromatic N) is 1. The lowest BCUT2D eigenvalue weighted by atomic mass is 9.89. The molecule has 0 bridgehead atoms. The Bertz CT molecular complexity index is 317. The average Bonchev–Trinajstić information content (AvgIpc) is 2.33. The SMILES string of the molecule is Cc1ccc(CC(N)C2CCOCC2)nc1. The first kappa shape index (κ1) is 11.6. The zero-order valence-corrected chi connectivity index (χ0v) is 9.86. The van der Waals surface area contributed by atoms with Gasteiger partial charge in [0.25, 0.3) is 0 Å². The van der Waals surface area contributed by atoms with E-state index in [4.69, 9.17) is 10.5 Å². The van der Waals surface area contributed by atoms with Crippen LogP contribution in [-0.4, -0.2) is 24.2 Å². The highest BCUT2D eigenvalue weighted by Crippen LogP contribution is 2.19. The van der Waals surface area contributed by atoms with Crippen molar-refractivity contribution in [3.8, 4) is 0 Å². The van der Waals surface area contributed by atoms with Crippen molar-refractivity contribution < 1.29 is 4.74 Å². The van der Waals surface area contributed by atoms with Gasteiger partial charge in [-0.1, -0.05) is 6.07 Å². The smallest absolute Gasteiger partial charge is 0.0469 e. The minimum absolute atomic E-state index is 0.221. The molecule has 2 heterocycles. The molecule has 16 heavy (non-hydrogen) atoms. The van der Waals surface area contributed by atoms with E-state index in [1.165, 1.54) is 5.56 Å². The van der Waals surface area contributed by atoms with Crippen molar-refractivity contribution in [1.82, 2.24) is 4.98 Å². The Morgan fingerprint density at radius 2 is 2.19 bits per heavy atom. The molecule has 1 aliphatic heterocycles. The fourth-order valence-electron chi connectivity index (χ4n) is 2.17. The molecular formula is C13H20N2O. The highest BCUT2D eigenvalue weighted by molar-refractivity contribution is 5.13. The lowest BCUT2D eigenvalue weighted by molar-refractivity contribution is 0.0584. The molecule has 2 rings (SSSR count). The van der Waals surface area contributed by atoms with Crippen LogP contribution in [0.1, 0.15) is 24.1 Å². The van der Waals surface area contributed by atoms with Gasteiger partial charge in [0.05, 0.1) is 0 Å². The van der Waals surface area contributed by atoms with Crippen molar-refractivity contribution in [3.05, 3.63) is 29.6 Å². The van der Waals surface area contributed by atoms with Gasteiger partial charge in [-0.2, -0.15) is 0 Å². The van der Waals surface area contributed by atoms with E-state index in [0.717, 1.165) is 38.2 Å². The maximum Gasteiger partial charge on any atom is 0.0469 e. The molecular weight excluding hydrogens is 200 g/mol. The average molecular weight is 220 g/mol. The monoisotopic (exact) mass is 220 g/mol. The van der Waals surface area contributed by atoms with E-state index in [9.17, 15) is 0 Å². The Hall–Kier alpha value is -0.930. The molecule has 1 aliphatic rings. The number of hydrogen-bond donors (Lipinski definition) is 1. The zero-order chi connectivity index (χ0) is 11.4. The topological polar surface area (TPSA) is 48.1 Å². The van der Waals surface area contributed by atoms with Crippen LogP contribution in [0.15, 0.2) is 18.3 Å². The van der Waals surface area contributed by atoms with E-state index >= 15 is 0 Å². The Kier molecular flexibility index (Phi) is 3.91. The lowest BCUT2D eigenvalue weighted by Crippen LogP contribution is -2.36. The van der Waals surface area contributed by atoms with Crippen molar-refractivity contribution in [1.29, 1.82) is 0 Å². The number of hydrogen-bond acceptors (Lipinski definition) is 3. The second kappa shape index (κ2) is 5.41. The lowest BCUT2D eigenvalue weighted by Gasteiger charge is -2.27. The van der Waals surface area contributed by atoms with E-state index in [2.05, 4.69) is 24.0 Å². The van der Waals surface area contributed by atoms with Gasteiger partial charge in [0, 0.05) is 37.6 Å². The molecule has 0 amide bonds. The predicted molar refractivity (Wildman–Crippen MR) is 64.2 cm³/mol. The van der Waals surface area contributed by atoms with Gasteiger partial charge in [-0.3, -0.25) is 4.98 Å². The third-order valence-corrected chi connectivity index (χ3v) is 3.29. The van der Waals surface area contributed by atoms with Crippen LogP contribution in [0.4, 0.5) is 0 Å². The van der Waals surface area contributed by atoms with Crippen LogP contribution in [0.25, 0.3) is 0 Å². The van der Waals surface area contributed by atoms with E-state index < -0.39 is 0 Å². The summed E-state index contributed by atoms with van der Waals surface area (Å²) < 4.78 is 5.34. The molecule has 3 heteroatoms. The van der Waals surface area contributed by atoms with Crippen molar-refractivity contribution in [2.24, 2.45) is 11.7 Å². The number of rotatable bonds is 3. The van der Waals surface area contributed by atoms with E-state index in [0.29, 0.717) is 5.92 Å². The fraction of sp³-hybridized carbons (Fsp3) is 0.615. The van der Waals surface area contributed by atoms with Gasteiger partial charge in [-0.05, 0) is 37.3 Å². The van der Waals surface area contributed by atoms with Gasteiger partial charge in [-0.25, -0.2) is 0 Å². The quantitative estimate of drug-likeness (QED) is 0.843. The van der Waals surface area contributed by atoms with Gasteiger partial charge < -0.3 is 10.5 Å². The van der Waals surface area contributed by atoms with E-state index in [1.54, 1.807) is 0 Å². The van der Waals surface area contributed by atoms with Crippen molar-refractivity contribution in [2.75, 3.05) is 13.2 Å². The molecule has 0 aromatic carbocycles. The first-order valence-corrected chi connectivity index (χ1v) is 6.00. The molecule has 88 valence electrons. The third-order valence-electron chi connectivity index (χ3n) is 3.29. The van der Waals surface area contributed by atoms with Crippen LogP contribution >= 0.6 is 0 Å². The summed E-state index contributed by atoms with van der Waals surface area (Å²) in [5.74, 6) is 0.594. The minimum atomic E-state index is 0.221. The number of ether oxygens (including phenoxy) is 1. The Morgan fingerprint density at radius 1 is 1.44 bits per heavy atom. The molecule has 0 aliphatic carbocycles. The van der Waals surface area contributed by atoms with Gasteiger partial charge in [-0.15, -0.1) is 0 Å². The summed E-state index contributed by atoms with van der Waals surface area (Å²) in [7, 11) is 0. The van der Waals surface area contributed by atoms with Crippen LogP contribution in [-0.2, 0) is 11.2 Å². The third kappa shape index (κ3) is 3.03. The maximum absolute atomic E-state index is 6.22. The van der Waals surface area contributed by atoms with Crippen LogP contribution in [0.3, 0.4) is 0 Å². The Balaban J connectivity index is 1.90. The largest absolute Gasteiger partial charge is 0.381 e. The molecule has 0 saturated carbocycles. The predicted octanol–water partition coefficient (Wildman–Crippen LogP) is 1.69. The summed E-state index contributed by atoms with van der Waals surface area (Å²) >= 11 is 0. The second-order valence-corrected chi connectivity index (χ2v) is 4.64. The van der Waals surface area contributed by atoms with E-state index in [1.807, 2.05) is 6.20 Å². The molecule has 1 fully saturated rings. The van der Waals surface area contributed by atoms with Crippen molar-refractivity contribution in [3.63, 3.8) is 0 Å². The Morgan fingerprint density at radius 3 is 2.81 bits per heavy atom. The Labute approximate surface area is 97.0 Å². The summed E-state index contributed by atoms with van der Waals surface area (Å²) in [6, 6.07) is 4.40. The zero-order valence-electron chi connectivity index (χ0n) is 9.86. The molecule has 1 atom stereocenters. The number of nitrogens with two attached hydrogens (primary N) is 1. The summed E-state index contributed by atoms with van der Waals surface area (Å²) in [4.78, 5) is 4.40. The summed E-state index contributed by atoms with van der Waals surface area (Å²) in [6.45, 7) is 3.77. The molecule has 3 nitrogen and oxygen atoms in total. The summed E-state index contributed by atoms with van der Waals surface area (Å²) in [6.07, 6.45) is 4.97. The molecule has 0 radical (unpaired) electrons. The minimum Gasteiger partial charge on any atom is -0.381 e. The summed E-state index contributed by atoms with van der Waals surface area (Å²) in [5, 5.41) is 0. The van der Waals surface area contributed by atoms with Crippen LogP contribution in [0.5, 0.6) is 0 Å². The fourth-order valence-corrected chi connectivity index (χ4v) is 2.17.